The minimum atomic E-state index is 0.626. The van der Waals surface area contributed by atoms with E-state index in [-0.39, 0.29) is 0 Å². The van der Waals surface area contributed by atoms with Gasteiger partial charge in [-0.1, -0.05) is 19.9 Å². The van der Waals surface area contributed by atoms with E-state index in [4.69, 9.17) is 9.47 Å². The highest BCUT2D eigenvalue weighted by Gasteiger charge is 2.14. The molecule has 0 bridgehead atoms. The van der Waals surface area contributed by atoms with Crippen molar-refractivity contribution in [3.8, 4) is 5.88 Å². The average molecular weight is 237 g/mol. The van der Waals surface area contributed by atoms with Crippen LogP contribution in [0.2, 0.25) is 0 Å². The molecule has 2 rings (SSSR count). The Morgan fingerprint density at radius 2 is 2.00 bits per heavy atom. The average Bonchev–Trinajstić information content (AvgIpc) is 2.40. The first-order valence-electron chi connectivity index (χ1n) is 6.49. The highest BCUT2D eigenvalue weighted by atomic mass is 16.5. The van der Waals surface area contributed by atoms with E-state index in [1.165, 1.54) is 0 Å². The number of aryl methyl sites for hydroxylation is 1. The molecule has 0 spiro atoms. The second-order valence-electron chi connectivity index (χ2n) is 3.98. The van der Waals surface area contributed by atoms with Gasteiger partial charge in [0, 0.05) is 25.0 Å². The van der Waals surface area contributed by atoms with E-state index >= 15 is 0 Å². The van der Waals surface area contributed by atoms with Gasteiger partial charge in [-0.15, -0.1) is 0 Å². The molecule has 17 heavy (non-hydrogen) atoms. The normalized spacial score (nSPS) is 15.9. The number of ether oxygens (including phenoxy) is 2. The van der Waals surface area contributed by atoms with Crippen molar-refractivity contribution in [3.05, 3.63) is 23.9 Å². The third-order valence-electron chi connectivity index (χ3n) is 2.67. The molecule has 0 atom stereocenters. The van der Waals surface area contributed by atoms with Gasteiger partial charge in [0.2, 0.25) is 5.88 Å². The van der Waals surface area contributed by atoms with Crippen LogP contribution in [0.3, 0.4) is 0 Å². The highest BCUT2D eigenvalue weighted by molar-refractivity contribution is 5.14. The molecule has 0 aliphatic carbocycles. The largest absolute Gasteiger partial charge is 0.477 e. The third kappa shape index (κ3) is 5.18. The van der Waals surface area contributed by atoms with Crippen LogP contribution in [0.4, 0.5) is 0 Å². The first-order valence-corrected chi connectivity index (χ1v) is 6.49. The van der Waals surface area contributed by atoms with E-state index in [0.29, 0.717) is 5.92 Å². The minimum absolute atomic E-state index is 0.626. The summed E-state index contributed by atoms with van der Waals surface area (Å²) in [6, 6.07) is 5.86. The summed E-state index contributed by atoms with van der Waals surface area (Å²) >= 11 is 0. The fourth-order valence-electron chi connectivity index (χ4n) is 1.71. The minimum Gasteiger partial charge on any atom is -0.477 e. The summed E-state index contributed by atoms with van der Waals surface area (Å²) in [4.78, 5) is 4.30. The summed E-state index contributed by atoms with van der Waals surface area (Å²) in [6.07, 6.45) is 2.21. The predicted molar refractivity (Wildman–Crippen MR) is 69.4 cm³/mol. The summed E-state index contributed by atoms with van der Waals surface area (Å²) in [5.41, 5.74) is 1.000. The molecule has 3 nitrogen and oxygen atoms in total. The van der Waals surface area contributed by atoms with Gasteiger partial charge in [0.05, 0.1) is 6.61 Å². The van der Waals surface area contributed by atoms with Gasteiger partial charge in [0.25, 0.3) is 0 Å². The van der Waals surface area contributed by atoms with Gasteiger partial charge in [-0.05, 0) is 31.7 Å². The SMILES string of the molecule is CC.Cc1cccc(OCC2CCOCC2)n1. The lowest BCUT2D eigenvalue weighted by atomic mass is 10.0. The lowest BCUT2D eigenvalue weighted by molar-refractivity contribution is 0.0490. The molecule has 1 aromatic heterocycles. The van der Waals surface area contributed by atoms with E-state index < -0.39 is 0 Å². The first-order chi connectivity index (χ1) is 8.34. The zero-order valence-corrected chi connectivity index (χ0v) is 11.1. The summed E-state index contributed by atoms with van der Waals surface area (Å²) in [5, 5.41) is 0. The Balaban J connectivity index is 0.000000686. The van der Waals surface area contributed by atoms with E-state index in [2.05, 4.69) is 4.98 Å². The quantitative estimate of drug-likeness (QED) is 0.809. The van der Waals surface area contributed by atoms with Gasteiger partial charge in [-0.3, -0.25) is 0 Å². The monoisotopic (exact) mass is 237 g/mol. The van der Waals surface area contributed by atoms with Crippen LogP contribution in [0.1, 0.15) is 32.4 Å². The highest BCUT2D eigenvalue weighted by Crippen LogP contribution is 2.16. The van der Waals surface area contributed by atoms with Crippen molar-refractivity contribution in [2.75, 3.05) is 19.8 Å². The topological polar surface area (TPSA) is 31.4 Å². The second kappa shape index (κ2) is 8.07. The van der Waals surface area contributed by atoms with E-state index in [1.807, 2.05) is 39.0 Å². The van der Waals surface area contributed by atoms with Crippen LogP contribution in [0.5, 0.6) is 5.88 Å². The fourth-order valence-corrected chi connectivity index (χ4v) is 1.71. The molecule has 0 unspecified atom stereocenters. The van der Waals surface area contributed by atoms with Gasteiger partial charge in [0.15, 0.2) is 0 Å². The summed E-state index contributed by atoms with van der Waals surface area (Å²) in [5.74, 6) is 1.36. The summed E-state index contributed by atoms with van der Waals surface area (Å²) < 4.78 is 11.0. The zero-order valence-electron chi connectivity index (χ0n) is 11.1. The van der Waals surface area contributed by atoms with E-state index in [9.17, 15) is 0 Å². The molecular formula is C14H23NO2. The van der Waals surface area contributed by atoms with E-state index in [1.54, 1.807) is 0 Å². The zero-order chi connectivity index (χ0) is 12.5. The molecule has 3 heteroatoms. The van der Waals surface area contributed by atoms with Crippen molar-refractivity contribution < 1.29 is 9.47 Å². The van der Waals surface area contributed by atoms with Crippen molar-refractivity contribution in [2.24, 2.45) is 5.92 Å². The Labute approximate surface area is 104 Å². The molecule has 1 aliphatic heterocycles. The Morgan fingerprint density at radius 3 is 2.65 bits per heavy atom. The lowest BCUT2D eigenvalue weighted by Gasteiger charge is -2.21. The number of nitrogens with zero attached hydrogens (tertiary/aromatic N) is 1. The Kier molecular flexibility index (Phi) is 6.63. The molecular weight excluding hydrogens is 214 g/mol. The standard InChI is InChI=1S/C12H17NO2.C2H6/c1-10-3-2-4-12(13-10)15-9-11-5-7-14-8-6-11;1-2/h2-4,11H,5-9H2,1H3;1-2H3. The van der Waals surface area contributed by atoms with E-state index in [0.717, 1.165) is 44.2 Å². The summed E-state index contributed by atoms with van der Waals surface area (Å²) in [6.45, 7) is 8.48. The van der Waals surface area contributed by atoms with Crippen molar-refractivity contribution in [1.82, 2.24) is 4.98 Å². The lowest BCUT2D eigenvalue weighted by Crippen LogP contribution is -2.21. The fraction of sp³-hybridized carbons (Fsp3) is 0.643. The number of hydrogen-bond donors (Lipinski definition) is 0. The van der Waals surface area contributed by atoms with Crippen molar-refractivity contribution in [1.29, 1.82) is 0 Å². The molecule has 1 saturated heterocycles. The summed E-state index contributed by atoms with van der Waals surface area (Å²) in [7, 11) is 0. The maximum atomic E-state index is 5.66. The van der Waals surface area contributed by atoms with Crippen LogP contribution in [-0.4, -0.2) is 24.8 Å². The maximum Gasteiger partial charge on any atom is 0.213 e. The Hall–Kier alpha value is -1.09. The molecule has 96 valence electrons. The van der Waals surface area contributed by atoms with Crippen LogP contribution in [0.15, 0.2) is 18.2 Å². The molecule has 0 N–H and O–H groups in total. The van der Waals surface area contributed by atoms with Crippen molar-refractivity contribution in [2.45, 2.75) is 33.6 Å². The molecule has 0 radical (unpaired) electrons. The van der Waals surface area contributed by atoms with Gasteiger partial charge < -0.3 is 9.47 Å². The second-order valence-corrected chi connectivity index (χ2v) is 3.98. The molecule has 0 saturated carbocycles. The van der Waals surface area contributed by atoms with Crippen molar-refractivity contribution >= 4 is 0 Å². The van der Waals surface area contributed by atoms with Gasteiger partial charge >= 0.3 is 0 Å². The van der Waals surface area contributed by atoms with Crippen LogP contribution in [-0.2, 0) is 4.74 Å². The number of rotatable bonds is 3. The molecule has 1 aromatic rings. The molecule has 0 amide bonds. The molecule has 2 heterocycles. The molecule has 1 fully saturated rings. The first kappa shape index (κ1) is 14.0. The van der Waals surface area contributed by atoms with Gasteiger partial charge in [0.1, 0.15) is 0 Å². The smallest absolute Gasteiger partial charge is 0.213 e. The maximum absolute atomic E-state index is 5.66. The van der Waals surface area contributed by atoms with Crippen LogP contribution >= 0.6 is 0 Å². The van der Waals surface area contributed by atoms with Gasteiger partial charge in [-0.25, -0.2) is 4.98 Å². The van der Waals surface area contributed by atoms with Crippen LogP contribution in [0.25, 0.3) is 0 Å². The third-order valence-corrected chi connectivity index (χ3v) is 2.67. The Morgan fingerprint density at radius 1 is 1.29 bits per heavy atom. The number of hydrogen-bond acceptors (Lipinski definition) is 3. The van der Waals surface area contributed by atoms with Crippen LogP contribution < -0.4 is 4.74 Å². The van der Waals surface area contributed by atoms with Crippen molar-refractivity contribution in [3.63, 3.8) is 0 Å². The molecule has 0 aromatic carbocycles. The predicted octanol–water partition coefficient (Wildman–Crippen LogP) is 3.22. The van der Waals surface area contributed by atoms with Gasteiger partial charge in [-0.2, -0.15) is 0 Å². The van der Waals surface area contributed by atoms with Crippen LogP contribution in [0, 0.1) is 12.8 Å². The number of aromatic nitrogens is 1. The molecule has 1 aliphatic rings. The number of pyridine rings is 1. The Bertz CT molecular complexity index is 309.